The fraction of sp³-hybridized carbons (Fsp3) is 0.111. The van der Waals surface area contributed by atoms with Crippen LogP contribution in [0.5, 0.6) is 0 Å². The number of nitrogens with zero attached hydrogens (tertiary/aromatic N) is 2. The molecule has 0 N–H and O–H groups in total. The average Bonchev–Trinajstić information content (AvgIpc) is 3.49. The van der Waals surface area contributed by atoms with Gasteiger partial charge in [0.1, 0.15) is 0 Å². The highest BCUT2D eigenvalue weighted by molar-refractivity contribution is 6.10. The molecule has 4 aromatic carbocycles. The Kier molecular flexibility index (Phi) is 4.81. The molecule has 3 aliphatic rings. The molecule has 5 aromatic rings. The highest BCUT2D eigenvalue weighted by atomic mass is 15.2. The van der Waals surface area contributed by atoms with Gasteiger partial charge in [-0.2, -0.15) is 0 Å². The monoisotopic (exact) mass is 488 g/mol. The van der Waals surface area contributed by atoms with E-state index in [1.165, 1.54) is 49.9 Å². The Morgan fingerprint density at radius 3 is 2.29 bits per heavy atom. The number of hydrogen-bond acceptors (Lipinski definition) is 1. The standard InChI is InChI=1S/C36H28N2/c1-3-13-25(14-4-1)27-17-7-10-20-32(27)38-34-22-12-9-19-29(34)31-23-30-28-18-8-11-21-33(28)37(35(30)24-36(31)38)26-15-5-2-6-16-26/h1-15,17-24,26,29,34H,16H2. The van der Waals surface area contributed by atoms with E-state index in [0.717, 1.165) is 6.42 Å². The molecule has 3 unspecified atom stereocenters. The number of rotatable bonds is 3. The van der Waals surface area contributed by atoms with Crippen LogP contribution in [-0.4, -0.2) is 10.6 Å². The molecular formula is C36H28N2. The third kappa shape index (κ3) is 3.13. The Bertz CT molecular complexity index is 1820. The van der Waals surface area contributed by atoms with Gasteiger partial charge < -0.3 is 9.47 Å². The molecule has 3 atom stereocenters. The minimum atomic E-state index is 0.253. The second-order valence-corrected chi connectivity index (χ2v) is 10.5. The van der Waals surface area contributed by atoms with Gasteiger partial charge in [-0.15, -0.1) is 0 Å². The summed E-state index contributed by atoms with van der Waals surface area (Å²) < 4.78 is 2.56. The molecule has 2 heteroatoms. The molecular weight excluding hydrogens is 460 g/mol. The Morgan fingerprint density at radius 1 is 0.605 bits per heavy atom. The first kappa shape index (κ1) is 21.5. The SMILES string of the molecule is C1=CCC(n2c3ccccc3c3cc4c(cc32)N(c2ccccc2-c2ccccc2)C2C=CC=CC42)C=C1. The Balaban J connectivity index is 1.41. The van der Waals surface area contributed by atoms with Crippen LogP contribution < -0.4 is 4.90 Å². The summed E-state index contributed by atoms with van der Waals surface area (Å²) in [6, 6.07) is 34.1. The lowest BCUT2D eigenvalue weighted by atomic mass is 9.90. The quantitative estimate of drug-likeness (QED) is 0.246. The summed E-state index contributed by atoms with van der Waals surface area (Å²) in [6.45, 7) is 0. The largest absolute Gasteiger partial charge is 0.333 e. The zero-order valence-electron chi connectivity index (χ0n) is 21.1. The lowest BCUT2D eigenvalue weighted by molar-refractivity contribution is 0.648. The maximum Gasteiger partial charge on any atom is 0.0629 e. The third-order valence-corrected chi connectivity index (χ3v) is 8.42. The first-order valence-corrected chi connectivity index (χ1v) is 13.6. The third-order valence-electron chi connectivity index (χ3n) is 8.42. The Labute approximate surface area is 223 Å². The summed E-state index contributed by atoms with van der Waals surface area (Å²) in [4.78, 5) is 2.58. The van der Waals surface area contributed by atoms with E-state index in [2.05, 4.69) is 149 Å². The molecule has 2 aliphatic carbocycles. The lowest BCUT2D eigenvalue weighted by Crippen LogP contribution is -2.28. The van der Waals surface area contributed by atoms with Crippen LogP contribution in [-0.2, 0) is 0 Å². The van der Waals surface area contributed by atoms with Gasteiger partial charge in [-0.3, -0.25) is 0 Å². The van der Waals surface area contributed by atoms with Gasteiger partial charge in [0.15, 0.2) is 0 Å². The fourth-order valence-corrected chi connectivity index (χ4v) is 6.77. The number of anilines is 2. The van der Waals surface area contributed by atoms with Crippen LogP contribution in [0.2, 0.25) is 0 Å². The second-order valence-electron chi connectivity index (χ2n) is 10.5. The van der Waals surface area contributed by atoms with Crippen LogP contribution in [0.3, 0.4) is 0 Å². The molecule has 0 radical (unpaired) electrons. The Morgan fingerprint density at radius 2 is 1.39 bits per heavy atom. The van der Waals surface area contributed by atoms with E-state index in [9.17, 15) is 0 Å². The van der Waals surface area contributed by atoms with Crippen molar-refractivity contribution >= 4 is 33.2 Å². The van der Waals surface area contributed by atoms with Gasteiger partial charge in [-0.05, 0) is 41.8 Å². The molecule has 1 aromatic heterocycles. The Hall–Kier alpha value is -4.56. The number of allylic oxidation sites excluding steroid dienone is 6. The van der Waals surface area contributed by atoms with Crippen molar-refractivity contribution in [2.24, 2.45) is 0 Å². The fourth-order valence-electron chi connectivity index (χ4n) is 6.77. The number of fused-ring (bicyclic) bond motifs is 6. The van der Waals surface area contributed by atoms with E-state index in [4.69, 9.17) is 0 Å². The molecule has 0 bridgehead atoms. The molecule has 2 nitrogen and oxygen atoms in total. The molecule has 0 saturated carbocycles. The van der Waals surface area contributed by atoms with Crippen molar-refractivity contribution in [3.63, 3.8) is 0 Å². The van der Waals surface area contributed by atoms with Gasteiger partial charge in [0.05, 0.1) is 17.6 Å². The van der Waals surface area contributed by atoms with Gasteiger partial charge in [0.2, 0.25) is 0 Å². The highest BCUT2D eigenvalue weighted by Crippen LogP contribution is 2.52. The van der Waals surface area contributed by atoms with Crippen molar-refractivity contribution in [3.8, 4) is 11.1 Å². The van der Waals surface area contributed by atoms with Gasteiger partial charge in [-0.25, -0.2) is 0 Å². The zero-order valence-corrected chi connectivity index (χ0v) is 21.1. The highest BCUT2D eigenvalue weighted by Gasteiger charge is 2.39. The normalized spacial score (nSPS) is 21.4. The van der Waals surface area contributed by atoms with Crippen molar-refractivity contribution in [2.75, 3.05) is 4.90 Å². The summed E-state index contributed by atoms with van der Waals surface area (Å²) in [6.07, 6.45) is 19.2. The van der Waals surface area contributed by atoms with Crippen LogP contribution in [0.1, 0.15) is 23.9 Å². The molecule has 8 rings (SSSR count). The van der Waals surface area contributed by atoms with E-state index in [-0.39, 0.29) is 6.04 Å². The van der Waals surface area contributed by atoms with Crippen molar-refractivity contribution in [1.29, 1.82) is 0 Å². The summed E-state index contributed by atoms with van der Waals surface area (Å²) in [7, 11) is 0. The maximum atomic E-state index is 2.58. The van der Waals surface area contributed by atoms with Crippen molar-refractivity contribution < 1.29 is 0 Å². The summed E-state index contributed by atoms with van der Waals surface area (Å²) in [5, 5.41) is 2.69. The van der Waals surface area contributed by atoms with Crippen molar-refractivity contribution in [1.82, 2.24) is 4.57 Å². The molecule has 0 spiro atoms. The first-order valence-electron chi connectivity index (χ1n) is 13.6. The van der Waals surface area contributed by atoms with Gasteiger partial charge >= 0.3 is 0 Å². The summed E-state index contributed by atoms with van der Waals surface area (Å²) in [5.74, 6) is 0.322. The van der Waals surface area contributed by atoms with Crippen LogP contribution in [0.25, 0.3) is 32.9 Å². The predicted molar refractivity (Wildman–Crippen MR) is 160 cm³/mol. The summed E-state index contributed by atoms with van der Waals surface area (Å²) >= 11 is 0. The van der Waals surface area contributed by atoms with E-state index in [0.29, 0.717) is 12.0 Å². The van der Waals surface area contributed by atoms with E-state index in [1.54, 1.807) is 0 Å². The van der Waals surface area contributed by atoms with Crippen molar-refractivity contribution in [3.05, 3.63) is 145 Å². The molecule has 2 heterocycles. The average molecular weight is 489 g/mol. The van der Waals surface area contributed by atoms with E-state index in [1.807, 2.05) is 0 Å². The summed E-state index contributed by atoms with van der Waals surface area (Å²) in [5.41, 5.74) is 9.11. The van der Waals surface area contributed by atoms with Gasteiger partial charge in [-0.1, -0.05) is 115 Å². The van der Waals surface area contributed by atoms with Gasteiger partial charge in [0.25, 0.3) is 0 Å². The van der Waals surface area contributed by atoms with Crippen LogP contribution >= 0.6 is 0 Å². The number of para-hydroxylation sites is 2. The number of benzene rings is 4. The van der Waals surface area contributed by atoms with Gasteiger partial charge in [0, 0.05) is 39.1 Å². The minimum absolute atomic E-state index is 0.253. The number of aromatic nitrogens is 1. The molecule has 0 amide bonds. The first-order chi connectivity index (χ1) is 18.9. The van der Waals surface area contributed by atoms with Crippen LogP contribution in [0.15, 0.2) is 140 Å². The maximum absolute atomic E-state index is 2.58. The molecule has 182 valence electrons. The molecule has 0 saturated heterocycles. The molecule has 0 fully saturated rings. The smallest absolute Gasteiger partial charge is 0.0629 e. The van der Waals surface area contributed by atoms with Crippen LogP contribution in [0.4, 0.5) is 11.4 Å². The number of hydrogen-bond donors (Lipinski definition) is 0. The van der Waals surface area contributed by atoms with E-state index < -0.39 is 0 Å². The minimum Gasteiger partial charge on any atom is -0.333 e. The second kappa shape index (κ2) is 8.49. The topological polar surface area (TPSA) is 8.17 Å². The zero-order chi connectivity index (χ0) is 25.1. The van der Waals surface area contributed by atoms with Crippen molar-refractivity contribution in [2.45, 2.75) is 24.4 Å². The van der Waals surface area contributed by atoms with E-state index >= 15 is 0 Å². The molecule has 1 aliphatic heterocycles. The predicted octanol–water partition coefficient (Wildman–Crippen LogP) is 9.25. The molecule has 38 heavy (non-hydrogen) atoms. The van der Waals surface area contributed by atoms with Crippen LogP contribution in [0, 0.1) is 0 Å². The lowest BCUT2D eigenvalue weighted by Gasteiger charge is -2.30.